The summed E-state index contributed by atoms with van der Waals surface area (Å²) in [6.45, 7) is 6.94. The second-order valence-electron chi connectivity index (χ2n) is 6.22. The maximum Gasteiger partial charge on any atom is -0.0221 e. The van der Waals surface area contributed by atoms with E-state index in [2.05, 4.69) is 39.0 Å². The summed E-state index contributed by atoms with van der Waals surface area (Å²) in [6.07, 6.45) is 16.8. The van der Waals surface area contributed by atoms with Crippen LogP contribution in [-0.4, -0.2) is 0 Å². The molecule has 0 amide bonds. The lowest BCUT2D eigenvalue weighted by atomic mass is 9.86. The SMILES string of the molecule is CCCCC/C(=C\C1CC1)C1=C(C)CC(C)C=C1. The highest BCUT2D eigenvalue weighted by Gasteiger charge is 2.21. The molecular formula is C18H28. The summed E-state index contributed by atoms with van der Waals surface area (Å²) in [5.41, 5.74) is 4.82. The average Bonchev–Trinajstić information content (AvgIpc) is 3.12. The van der Waals surface area contributed by atoms with Gasteiger partial charge < -0.3 is 0 Å². The Morgan fingerprint density at radius 3 is 2.72 bits per heavy atom. The van der Waals surface area contributed by atoms with E-state index in [4.69, 9.17) is 0 Å². The molecule has 1 atom stereocenters. The topological polar surface area (TPSA) is 0 Å². The quantitative estimate of drug-likeness (QED) is 0.517. The van der Waals surface area contributed by atoms with Gasteiger partial charge in [-0.15, -0.1) is 0 Å². The van der Waals surface area contributed by atoms with Gasteiger partial charge in [-0.05, 0) is 62.0 Å². The van der Waals surface area contributed by atoms with Gasteiger partial charge in [0.1, 0.15) is 0 Å². The van der Waals surface area contributed by atoms with Gasteiger partial charge in [-0.3, -0.25) is 0 Å². The van der Waals surface area contributed by atoms with Crippen molar-refractivity contribution >= 4 is 0 Å². The smallest absolute Gasteiger partial charge is 0.0221 e. The van der Waals surface area contributed by atoms with Crippen LogP contribution in [0.1, 0.15) is 65.7 Å². The van der Waals surface area contributed by atoms with Crippen molar-refractivity contribution < 1.29 is 0 Å². The minimum Gasteiger partial charge on any atom is -0.0808 e. The molecule has 0 N–H and O–H groups in total. The lowest BCUT2D eigenvalue weighted by molar-refractivity contribution is 0.688. The van der Waals surface area contributed by atoms with Crippen molar-refractivity contribution in [1.29, 1.82) is 0 Å². The predicted octanol–water partition coefficient (Wildman–Crippen LogP) is 5.82. The lowest BCUT2D eigenvalue weighted by Gasteiger charge is -2.20. The van der Waals surface area contributed by atoms with Crippen LogP contribution < -0.4 is 0 Å². The second-order valence-corrected chi connectivity index (χ2v) is 6.22. The average molecular weight is 244 g/mol. The molecule has 1 fully saturated rings. The molecule has 0 bridgehead atoms. The fraction of sp³-hybridized carbons (Fsp3) is 0.667. The van der Waals surface area contributed by atoms with Crippen LogP contribution >= 0.6 is 0 Å². The number of hydrogen-bond donors (Lipinski definition) is 0. The van der Waals surface area contributed by atoms with E-state index in [0.29, 0.717) is 0 Å². The van der Waals surface area contributed by atoms with E-state index >= 15 is 0 Å². The Morgan fingerprint density at radius 1 is 1.33 bits per heavy atom. The number of allylic oxidation sites excluding steroid dienone is 6. The zero-order chi connectivity index (χ0) is 13.0. The predicted molar refractivity (Wildman–Crippen MR) is 80.6 cm³/mol. The zero-order valence-corrected chi connectivity index (χ0v) is 12.3. The number of hydrogen-bond acceptors (Lipinski definition) is 0. The molecule has 1 saturated carbocycles. The summed E-state index contributed by atoms with van der Waals surface area (Å²) in [4.78, 5) is 0. The van der Waals surface area contributed by atoms with Crippen LogP contribution in [0, 0.1) is 11.8 Å². The Balaban J connectivity index is 2.08. The zero-order valence-electron chi connectivity index (χ0n) is 12.3. The van der Waals surface area contributed by atoms with Gasteiger partial charge in [-0.2, -0.15) is 0 Å². The molecule has 2 aliphatic carbocycles. The first-order valence-electron chi connectivity index (χ1n) is 7.79. The first-order chi connectivity index (χ1) is 8.70. The third kappa shape index (κ3) is 3.86. The standard InChI is InChI=1S/C18H28/c1-4-5-6-7-17(13-16-9-10-16)18-11-8-14(2)12-15(18)3/h8,11,13-14,16H,4-7,9-10,12H2,1-3H3/b17-13+. The molecule has 0 heterocycles. The van der Waals surface area contributed by atoms with E-state index in [1.807, 2.05) is 0 Å². The van der Waals surface area contributed by atoms with E-state index in [1.54, 1.807) is 16.7 Å². The molecule has 0 aromatic rings. The number of rotatable bonds is 6. The van der Waals surface area contributed by atoms with E-state index in [-0.39, 0.29) is 0 Å². The minimum atomic E-state index is 0.728. The summed E-state index contributed by atoms with van der Waals surface area (Å²) >= 11 is 0. The van der Waals surface area contributed by atoms with Crippen LogP contribution in [0.2, 0.25) is 0 Å². The summed E-state index contributed by atoms with van der Waals surface area (Å²) in [6, 6.07) is 0. The first-order valence-corrected chi connectivity index (χ1v) is 7.79. The molecule has 0 heteroatoms. The normalized spacial score (nSPS) is 24.8. The van der Waals surface area contributed by atoms with Crippen molar-refractivity contribution in [2.45, 2.75) is 65.7 Å². The molecule has 18 heavy (non-hydrogen) atoms. The second kappa shape index (κ2) is 6.41. The van der Waals surface area contributed by atoms with Crippen molar-refractivity contribution in [3.63, 3.8) is 0 Å². The van der Waals surface area contributed by atoms with E-state index in [9.17, 15) is 0 Å². The molecular weight excluding hydrogens is 216 g/mol. The first kappa shape index (κ1) is 13.6. The van der Waals surface area contributed by atoms with Gasteiger partial charge in [0.15, 0.2) is 0 Å². The van der Waals surface area contributed by atoms with Crippen LogP contribution in [-0.2, 0) is 0 Å². The molecule has 100 valence electrons. The molecule has 2 aliphatic rings. The third-order valence-electron chi connectivity index (χ3n) is 4.13. The van der Waals surface area contributed by atoms with Gasteiger partial charge in [0.25, 0.3) is 0 Å². The Kier molecular flexibility index (Phi) is 4.86. The number of unbranched alkanes of at least 4 members (excludes halogenated alkanes) is 2. The lowest BCUT2D eigenvalue weighted by Crippen LogP contribution is -2.02. The Hall–Kier alpha value is -0.780. The van der Waals surface area contributed by atoms with Crippen LogP contribution in [0.3, 0.4) is 0 Å². The Bertz CT molecular complexity index is 363. The van der Waals surface area contributed by atoms with Crippen molar-refractivity contribution in [3.8, 4) is 0 Å². The third-order valence-corrected chi connectivity index (χ3v) is 4.13. The highest BCUT2D eigenvalue weighted by atomic mass is 14.3. The van der Waals surface area contributed by atoms with Gasteiger partial charge in [0.05, 0.1) is 0 Å². The van der Waals surface area contributed by atoms with Crippen LogP contribution in [0.15, 0.2) is 34.9 Å². The van der Waals surface area contributed by atoms with E-state index in [1.165, 1.54) is 44.9 Å². The fourth-order valence-electron chi connectivity index (χ4n) is 2.87. The van der Waals surface area contributed by atoms with Crippen LogP contribution in [0.5, 0.6) is 0 Å². The summed E-state index contributed by atoms with van der Waals surface area (Å²) in [5, 5.41) is 0. The Morgan fingerprint density at radius 2 is 2.11 bits per heavy atom. The monoisotopic (exact) mass is 244 g/mol. The minimum absolute atomic E-state index is 0.728. The van der Waals surface area contributed by atoms with Crippen molar-refractivity contribution in [2.24, 2.45) is 11.8 Å². The van der Waals surface area contributed by atoms with Gasteiger partial charge >= 0.3 is 0 Å². The molecule has 0 spiro atoms. The summed E-state index contributed by atoms with van der Waals surface area (Å²) in [5.74, 6) is 1.63. The van der Waals surface area contributed by atoms with Crippen molar-refractivity contribution in [3.05, 3.63) is 34.9 Å². The molecule has 0 nitrogen and oxygen atoms in total. The largest absolute Gasteiger partial charge is 0.0808 e. The van der Waals surface area contributed by atoms with Gasteiger partial charge in [0.2, 0.25) is 0 Å². The van der Waals surface area contributed by atoms with Crippen molar-refractivity contribution in [1.82, 2.24) is 0 Å². The van der Waals surface area contributed by atoms with E-state index < -0.39 is 0 Å². The summed E-state index contributed by atoms with van der Waals surface area (Å²) in [7, 11) is 0. The van der Waals surface area contributed by atoms with Crippen LogP contribution in [0.4, 0.5) is 0 Å². The fourth-order valence-corrected chi connectivity index (χ4v) is 2.87. The van der Waals surface area contributed by atoms with Gasteiger partial charge in [0, 0.05) is 0 Å². The van der Waals surface area contributed by atoms with Crippen LogP contribution in [0.25, 0.3) is 0 Å². The Labute approximate surface area is 113 Å². The highest BCUT2D eigenvalue weighted by molar-refractivity contribution is 5.45. The maximum absolute atomic E-state index is 2.58. The summed E-state index contributed by atoms with van der Waals surface area (Å²) < 4.78 is 0. The highest BCUT2D eigenvalue weighted by Crippen LogP contribution is 2.36. The molecule has 2 rings (SSSR count). The molecule has 0 aliphatic heterocycles. The van der Waals surface area contributed by atoms with E-state index in [0.717, 1.165) is 11.8 Å². The molecule has 0 saturated heterocycles. The molecule has 0 aromatic heterocycles. The molecule has 0 radical (unpaired) electrons. The molecule has 0 aromatic carbocycles. The maximum atomic E-state index is 2.58. The van der Waals surface area contributed by atoms with Gasteiger partial charge in [-0.1, -0.05) is 50.5 Å². The molecule has 1 unspecified atom stereocenters. The van der Waals surface area contributed by atoms with Gasteiger partial charge in [-0.25, -0.2) is 0 Å². The van der Waals surface area contributed by atoms with Crippen molar-refractivity contribution in [2.75, 3.05) is 0 Å².